The van der Waals surface area contributed by atoms with Crippen molar-refractivity contribution in [2.75, 3.05) is 11.9 Å². The molecular formula is C22H22N2O5. The van der Waals surface area contributed by atoms with Crippen LogP contribution in [-0.2, 0) is 19.1 Å². The van der Waals surface area contributed by atoms with E-state index in [0.717, 1.165) is 11.6 Å². The van der Waals surface area contributed by atoms with Gasteiger partial charge in [-0.3, -0.25) is 19.2 Å². The van der Waals surface area contributed by atoms with Crippen LogP contribution in [0.2, 0.25) is 0 Å². The van der Waals surface area contributed by atoms with Crippen LogP contribution in [0.5, 0.6) is 0 Å². The molecule has 1 amide bonds. The average molecular weight is 394 g/mol. The zero-order chi connectivity index (χ0) is 21.4. The predicted molar refractivity (Wildman–Crippen MR) is 108 cm³/mol. The highest BCUT2D eigenvalue weighted by Crippen LogP contribution is 2.17. The zero-order valence-corrected chi connectivity index (χ0v) is 16.2. The predicted octanol–water partition coefficient (Wildman–Crippen LogP) is 2.41. The second-order valence-corrected chi connectivity index (χ2v) is 6.23. The normalized spacial score (nSPS) is 12.0. The van der Waals surface area contributed by atoms with Crippen molar-refractivity contribution in [1.29, 1.82) is 0 Å². The third kappa shape index (κ3) is 5.87. The minimum atomic E-state index is -1.86. The van der Waals surface area contributed by atoms with Crippen LogP contribution >= 0.6 is 0 Å². The van der Waals surface area contributed by atoms with Crippen molar-refractivity contribution in [3.8, 4) is 0 Å². The van der Waals surface area contributed by atoms with Gasteiger partial charge >= 0.3 is 5.97 Å². The van der Waals surface area contributed by atoms with Crippen molar-refractivity contribution in [2.45, 2.75) is 13.8 Å². The number of rotatable bonds is 9. The summed E-state index contributed by atoms with van der Waals surface area (Å²) in [5.41, 5.74) is 6.87. The molecule has 0 aliphatic rings. The first-order valence-electron chi connectivity index (χ1n) is 8.98. The highest BCUT2D eigenvalue weighted by atomic mass is 16.5. The summed E-state index contributed by atoms with van der Waals surface area (Å²) in [5.74, 6) is -5.49. The quantitative estimate of drug-likeness (QED) is 0.292. The lowest BCUT2D eigenvalue weighted by molar-refractivity contribution is -0.153. The Hall–Kier alpha value is -3.74. The van der Waals surface area contributed by atoms with E-state index < -0.39 is 29.4 Å². The average Bonchev–Trinajstić information content (AvgIpc) is 2.69. The van der Waals surface area contributed by atoms with E-state index in [0.29, 0.717) is 11.3 Å². The van der Waals surface area contributed by atoms with Crippen LogP contribution in [0.25, 0.3) is 0 Å². The number of nitrogens with one attached hydrogen (secondary N) is 1. The molecule has 3 N–H and O–H groups in total. The fourth-order valence-corrected chi connectivity index (χ4v) is 2.51. The molecule has 0 aromatic heterocycles. The maximum atomic E-state index is 13.0. The molecule has 1 unspecified atom stereocenters. The van der Waals surface area contributed by atoms with E-state index in [1.54, 1.807) is 61.5 Å². The standard InChI is InChI=1S/C22H22N2O5/c1-3-29-22(28)19(21(23)27)20(26)17(24-16-11-9-14(2)10-12-16)13-18(25)15-7-5-4-6-8-15/h4-13,19,24H,3H2,1-2H3,(H2,23,27). The Morgan fingerprint density at radius 1 is 1.03 bits per heavy atom. The number of hydrogen-bond donors (Lipinski definition) is 2. The highest BCUT2D eigenvalue weighted by molar-refractivity contribution is 6.24. The molecule has 0 bridgehead atoms. The number of carbonyl (C=O) groups excluding carboxylic acids is 4. The number of primary amides is 1. The Labute approximate surface area is 168 Å². The summed E-state index contributed by atoms with van der Waals surface area (Å²) in [7, 11) is 0. The number of esters is 1. The molecule has 0 heterocycles. The lowest BCUT2D eigenvalue weighted by Crippen LogP contribution is -2.40. The van der Waals surface area contributed by atoms with Gasteiger partial charge in [0, 0.05) is 17.3 Å². The molecule has 2 rings (SSSR count). The monoisotopic (exact) mass is 394 g/mol. The van der Waals surface area contributed by atoms with Gasteiger partial charge in [-0.2, -0.15) is 0 Å². The SMILES string of the molecule is CCOC(=O)C(C(N)=O)C(=O)C(=CC(=O)c1ccccc1)Nc1ccc(C)cc1. The van der Waals surface area contributed by atoms with E-state index in [1.807, 2.05) is 6.92 Å². The molecule has 0 aliphatic carbocycles. The van der Waals surface area contributed by atoms with Crippen molar-refractivity contribution in [3.63, 3.8) is 0 Å². The largest absolute Gasteiger partial charge is 0.465 e. The summed E-state index contributed by atoms with van der Waals surface area (Å²) in [6.45, 7) is 3.42. The van der Waals surface area contributed by atoms with Crippen LogP contribution in [0, 0.1) is 12.8 Å². The third-order valence-electron chi connectivity index (χ3n) is 4.00. The van der Waals surface area contributed by atoms with Crippen molar-refractivity contribution in [1.82, 2.24) is 0 Å². The van der Waals surface area contributed by atoms with Gasteiger partial charge in [0.25, 0.3) is 0 Å². The summed E-state index contributed by atoms with van der Waals surface area (Å²) >= 11 is 0. The molecule has 0 saturated heterocycles. The molecule has 7 heteroatoms. The Balaban J connectivity index is 2.44. The van der Waals surface area contributed by atoms with E-state index >= 15 is 0 Å². The molecule has 2 aromatic rings. The number of carbonyl (C=O) groups is 4. The minimum Gasteiger partial charge on any atom is -0.465 e. The molecular weight excluding hydrogens is 372 g/mol. The highest BCUT2D eigenvalue weighted by Gasteiger charge is 2.36. The molecule has 0 saturated carbocycles. The van der Waals surface area contributed by atoms with E-state index in [4.69, 9.17) is 10.5 Å². The summed E-state index contributed by atoms with van der Waals surface area (Å²) in [4.78, 5) is 49.4. The number of Topliss-reactive ketones (excluding diaryl/α,β-unsaturated/α-hetero) is 1. The number of nitrogens with two attached hydrogens (primary N) is 1. The molecule has 1 atom stereocenters. The number of anilines is 1. The first kappa shape index (κ1) is 21.6. The number of aryl methyl sites for hydroxylation is 1. The Kier molecular flexibility index (Phi) is 7.42. The second kappa shape index (κ2) is 9.98. The van der Waals surface area contributed by atoms with Crippen LogP contribution in [0.15, 0.2) is 66.4 Å². The van der Waals surface area contributed by atoms with Gasteiger partial charge in [0.1, 0.15) is 0 Å². The van der Waals surface area contributed by atoms with Crippen LogP contribution < -0.4 is 11.1 Å². The minimum absolute atomic E-state index is 0.0245. The molecule has 7 nitrogen and oxygen atoms in total. The van der Waals surface area contributed by atoms with Gasteiger partial charge in [-0.05, 0) is 26.0 Å². The fraction of sp³-hybridized carbons (Fsp3) is 0.182. The first-order chi connectivity index (χ1) is 13.8. The van der Waals surface area contributed by atoms with Gasteiger partial charge in [-0.1, -0.05) is 48.0 Å². The first-order valence-corrected chi connectivity index (χ1v) is 8.98. The van der Waals surface area contributed by atoms with Gasteiger partial charge in [0.05, 0.1) is 12.3 Å². The van der Waals surface area contributed by atoms with Crippen molar-refractivity contribution < 1.29 is 23.9 Å². The second-order valence-electron chi connectivity index (χ2n) is 6.23. The van der Waals surface area contributed by atoms with Crippen molar-refractivity contribution in [3.05, 3.63) is 77.5 Å². The summed E-state index contributed by atoms with van der Waals surface area (Å²) in [6, 6.07) is 15.3. The molecule has 150 valence electrons. The van der Waals surface area contributed by atoms with E-state index in [-0.39, 0.29) is 12.3 Å². The van der Waals surface area contributed by atoms with Crippen LogP contribution in [0.1, 0.15) is 22.8 Å². The third-order valence-corrected chi connectivity index (χ3v) is 4.00. The van der Waals surface area contributed by atoms with Gasteiger partial charge in [0.2, 0.25) is 11.7 Å². The van der Waals surface area contributed by atoms with Crippen LogP contribution in [0.3, 0.4) is 0 Å². The number of ketones is 2. The van der Waals surface area contributed by atoms with Crippen LogP contribution in [0.4, 0.5) is 5.69 Å². The number of allylic oxidation sites excluding steroid dienone is 2. The number of ether oxygens (including phenoxy) is 1. The number of hydrogen-bond acceptors (Lipinski definition) is 6. The summed E-state index contributed by atoms with van der Waals surface area (Å²) in [5, 5.41) is 2.81. The maximum Gasteiger partial charge on any atom is 0.326 e. The van der Waals surface area contributed by atoms with E-state index in [1.165, 1.54) is 0 Å². The Morgan fingerprint density at radius 2 is 1.66 bits per heavy atom. The molecule has 0 aliphatic heterocycles. The fourth-order valence-electron chi connectivity index (χ4n) is 2.51. The summed E-state index contributed by atoms with van der Waals surface area (Å²) in [6.07, 6.45) is 1.05. The number of benzene rings is 2. The summed E-state index contributed by atoms with van der Waals surface area (Å²) < 4.78 is 4.79. The topological polar surface area (TPSA) is 116 Å². The molecule has 0 radical (unpaired) electrons. The Bertz CT molecular complexity index is 933. The molecule has 0 spiro atoms. The molecule has 2 aromatic carbocycles. The van der Waals surface area contributed by atoms with Gasteiger partial charge in [-0.25, -0.2) is 0 Å². The smallest absolute Gasteiger partial charge is 0.326 e. The lowest BCUT2D eigenvalue weighted by atomic mass is 9.98. The van der Waals surface area contributed by atoms with Gasteiger partial charge in [0.15, 0.2) is 11.7 Å². The maximum absolute atomic E-state index is 13.0. The van der Waals surface area contributed by atoms with Crippen molar-refractivity contribution in [2.24, 2.45) is 11.7 Å². The van der Waals surface area contributed by atoms with Gasteiger partial charge in [-0.15, -0.1) is 0 Å². The van der Waals surface area contributed by atoms with E-state index in [9.17, 15) is 19.2 Å². The molecule has 29 heavy (non-hydrogen) atoms. The van der Waals surface area contributed by atoms with Gasteiger partial charge < -0.3 is 15.8 Å². The number of amides is 1. The lowest BCUT2D eigenvalue weighted by Gasteiger charge is -2.15. The van der Waals surface area contributed by atoms with Crippen LogP contribution in [-0.4, -0.2) is 30.0 Å². The van der Waals surface area contributed by atoms with Crippen molar-refractivity contribution >= 4 is 29.1 Å². The van der Waals surface area contributed by atoms with E-state index in [2.05, 4.69) is 5.32 Å². The Morgan fingerprint density at radius 3 is 2.21 bits per heavy atom. The molecule has 0 fully saturated rings. The zero-order valence-electron chi connectivity index (χ0n) is 16.2.